The summed E-state index contributed by atoms with van der Waals surface area (Å²) in [7, 11) is 2.03. The van der Waals surface area contributed by atoms with Crippen LogP contribution >= 0.6 is 0 Å². The lowest BCUT2D eigenvalue weighted by Crippen LogP contribution is -2.35. The lowest BCUT2D eigenvalue weighted by atomic mass is 10.0. The standard InChI is InChI=1S/C51H95N2O6/c1-6-10-13-16-19-21-23-24-25-26-27-29-31-34-37-42-49(54)57-46-48(40-36-33-30-28-22-20-17-14-11-7-2)58-50(55)43-38-41-47(39-35-32-18-15-12-8-3)59-51(56)52-44-45-53(5)9-4/h11,19,21,24-25,47-48H,6-10,12-18,20,22-23,26-46H2,1-5H3,(H,52,56)/b21-19-,25-24-. The normalized spacial score (nSPS) is 12.7. The lowest BCUT2D eigenvalue weighted by Gasteiger charge is -2.20. The maximum absolute atomic E-state index is 13.1. The number of esters is 2. The van der Waals surface area contributed by atoms with E-state index in [1.807, 2.05) is 7.05 Å². The second-order valence-corrected chi connectivity index (χ2v) is 16.8. The van der Waals surface area contributed by atoms with Crippen LogP contribution in [0.5, 0.6) is 0 Å². The van der Waals surface area contributed by atoms with Gasteiger partial charge in [-0.3, -0.25) is 9.59 Å². The molecule has 0 bridgehead atoms. The summed E-state index contributed by atoms with van der Waals surface area (Å²) in [6, 6.07) is 0. The molecule has 0 saturated heterocycles. The van der Waals surface area contributed by atoms with Gasteiger partial charge >= 0.3 is 18.0 Å². The minimum Gasteiger partial charge on any atom is -0.462 e. The van der Waals surface area contributed by atoms with Crippen LogP contribution < -0.4 is 5.32 Å². The van der Waals surface area contributed by atoms with Crippen molar-refractivity contribution in [1.82, 2.24) is 10.2 Å². The Morgan fingerprint density at radius 3 is 1.68 bits per heavy atom. The smallest absolute Gasteiger partial charge is 0.407 e. The molecule has 0 aromatic rings. The number of nitrogens with zero attached hydrogens (tertiary/aromatic N) is 1. The highest BCUT2D eigenvalue weighted by Gasteiger charge is 2.19. The molecule has 8 heteroatoms. The summed E-state index contributed by atoms with van der Waals surface area (Å²) in [4.78, 5) is 40.6. The van der Waals surface area contributed by atoms with Crippen molar-refractivity contribution in [2.24, 2.45) is 0 Å². The fourth-order valence-corrected chi connectivity index (χ4v) is 7.10. The molecule has 0 aliphatic carbocycles. The average Bonchev–Trinajstić information content (AvgIpc) is 3.22. The molecule has 0 aromatic carbocycles. The van der Waals surface area contributed by atoms with Gasteiger partial charge in [0.15, 0.2) is 0 Å². The Bertz CT molecular complexity index is 1000. The number of hydrogen-bond donors (Lipinski definition) is 1. The molecular formula is C51H95N2O6. The van der Waals surface area contributed by atoms with Gasteiger partial charge in [-0.15, -0.1) is 0 Å². The fraction of sp³-hybridized carbons (Fsp3) is 0.843. The van der Waals surface area contributed by atoms with Crippen LogP contribution in [0.1, 0.15) is 233 Å². The number of amides is 1. The SMILES string of the molecule is CC[CH]CCCCCCCCCC(COC(=O)CCCCCCC/C=C\C/C=C\CCCCC)OC(=O)CCCC(CCCCCCCC)OC(=O)NCCN(C)CC. The predicted molar refractivity (Wildman–Crippen MR) is 250 cm³/mol. The molecule has 8 nitrogen and oxygen atoms in total. The van der Waals surface area contributed by atoms with Crippen LogP contribution in [0.4, 0.5) is 4.79 Å². The highest BCUT2D eigenvalue weighted by molar-refractivity contribution is 5.70. The van der Waals surface area contributed by atoms with Gasteiger partial charge in [-0.25, -0.2) is 4.79 Å². The van der Waals surface area contributed by atoms with Gasteiger partial charge in [0, 0.05) is 25.9 Å². The molecule has 0 rings (SSSR count). The van der Waals surface area contributed by atoms with E-state index in [1.165, 1.54) is 103 Å². The predicted octanol–water partition coefficient (Wildman–Crippen LogP) is 14.3. The number of hydrogen-bond acceptors (Lipinski definition) is 7. The summed E-state index contributed by atoms with van der Waals surface area (Å²) >= 11 is 0. The molecule has 1 N–H and O–H groups in total. The first kappa shape index (κ1) is 56.6. The fourth-order valence-electron chi connectivity index (χ4n) is 7.10. The molecule has 59 heavy (non-hydrogen) atoms. The van der Waals surface area contributed by atoms with Crippen LogP contribution in [0.3, 0.4) is 0 Å². The van der Waals surface area contributed by atoms with Crippen molar-refractivity contribution in [1.29, 1.82) is 0 Å². The summed E-state index contributed by atoms with van der Waals surface area (Å²) in [6.07, 6.45) is 44.1. The van der Waals surface area contributed by atoms with E-state index < -0.39 is 6.10 Å². The van der Waals surface area contributed by atoms with Gasteiger partial charge in [-0.2, -0.15) is 0 Å². The van der Waals surface area contributed by atoms with Crippen molar-refractivity contribution in [2.45, 2.75) is 245 Å². The van der Waals surface area contributed by atoms with Crippen molar-refractivity contribution < 1.29 is 28.6 Å². The molecule has 0 saturated carbocycles. The number of ether oxygens (including phenoxy) is 3. The van der Waals surface area contributed by atoms with Gasteiger partial charge in [-0.05, 0) is 97.1 Å². The van der Waals surface area contributed by atoms with Crippen molar-refractivity contribution in [2.75, 3.05) is 33.3 Å². The first-order valence-corrected chi connectivity index (χ1v) is 25.0. The molecule has 0 fully saturated rings. The molecule has 1 amide bonds. The second-order valence-electron chi connectivity index (χ2n) is 16.8. The van der Waals surface area contributed by atoms with E-state index in [0.717, 1.165) is 83.7 Å². The van der Waals surface area contributed by atoms with Crippen molar-refractivity contribution in [3.8, 4) is 0 Å². The largest absolute Gasteiger partial charge is 0.462 e. The first-order valence-electron chi connectivity index (χ1n) is 25.0. The van der Waals surface area contributed by atoms with Crippen LogP contribution in [0, 0.1) is 6.42 Å². The van der Waals surface area contributed by atoms with Gasteiger partial charge in [0.05, 0.1) is 0 Å². The Morgan fingerprint density at radius 1 is 0.542 bits per heavy atom. The Morgan fingerprint density at radius 2 is 1.05 bits per heavy atom. The third kappa shape index (κ3) is 42.1. The van der Waals surface area contributed by atoms with E-state index in [4.69, 9.17) is 14.2 Å². The topological polar surface area (TPSA) is 94.2 Å². The van der Waals surface area contributed by atoms with E-state index in [1.54, 1.807) is 0 Å². The van der Waals surface area contributed by atoms with Crippen LogP contribution in [0.2, 0.25) is 0 Å². The van der Waals surface area contributed by atoms with Crippen LogP contribution in [0.25, 0.3) is 0 Å². The Kier molecular flexibility index (Phi) is 43.4. The molecule has 0 aliphatic heterocycles. The minimum absolute atomic E-state index is 0.121. The maximum atomic E-state index is 13.1. The van der Waals surface area contributed by atoms with Gasteiger partial charge in [0.25, 0.3) is 0 Å². The summed E-state index contributed by atoms with van der Waals surface area (Å²) in [5, 5.41) is 2.89. The van der Waals surface area contributed by atoms with Crippen molar-refractivity contribution in [3.63, 3.8) is 0 Å². The Hall–Kier alpha value is -2.35. The highest BCUT2D eigenvalue weighted by Crippen LogP contribution is 2.18. The molecule has 0 aromatic heterocycles. The molecular weight excluding hydrogens is 737 g/mol. The molecule has 2 unspecified atom stereocenters. The van der Waals surface area contributed by atoms with E-state index >= 15 is 0 Å². The lowest BCUT2D eigenvalue weighted by molar-refractivity contribution is -0.159. The molecule has 1 radical (unpaired) electrons. The summed E-state index contributed by atoms with van der Waals surface area (Å²) < 4.78 is 17.5. The van der Waals surface area contributed by atoms with Crippen molar-refractivity contribution in [3.05, 3.63) is 30.7 Å². The van der Waals surface area contributed by atoms with E-state index in [0.29, 0.717) is 32.2 Å². The second kappa shape index (κ2) is 45.2. The molecule has 0 aliphatic rings. The zero-order valence-corrected chi connectivity index (χ0v) is 39.4. The summed E-state index contributed by atoms with van der Waals surface area (Å²) in [6.45, 7) is 11.1. The number of likely N-dealkylation sites (N-methyl/N-ethyl adjacent to an activating group) is 1. The van der Waals surface area contributed by atoms with E-state index in [9.17, 15) is 14.4 Å². The number of allylic oxidation sites excluding steroid dienone is 4. The maximum Gasteiger partial charge on any atom is 0.407 e. The van der Waals surface area contributed by atoms with Crippen molar-refractivity contribution >= 4 is 18.0 Å². The molecule has 2 atom stereocenters. The monoisotopic (exact) mass is 832 g/mol. The van der Waals surface area contributed by atoms with Gasteiger partial charge in [0.2, 0.25) is 0 Å². The molecule has 0 heterocycles. The number of carbonyl (C=O) groups excluding carboxylic acids is 3. The third-order valence-corrected chi connectivity index (χ3v) is 11.1. The summed E-state index contributed by atoms with van der Waals surface area (Å²) in [5.74, 6) is -0.472. The first-order chi connectivity index (χ1) is 28.9. The van der Waals surface area contributed by atoms with Crippen LogP contribution in [-0.2, 0) is 23.8 Å². The van der Waals surface area contributed by atoms with Crippen LogP contribution in [0.15, 0.2) is 24.3 Å². The zero-order chi connectivity index (χ0) is 43.3. The van der Waals surface area contributed by atoms with E-state index in [2.05, 4.69) is 68.6 Å². The third-order valence-electron chi connectivity index (χ3n) is 11.1. The number of rotatable bonds is 44. The molecule has 0 spiro atoms. The number of carbonyl (C=O) groups is 3. The quantitative estimate of drug-likeness (QED) is 0.0283. The van der Waals surface area contributed by atoms with E-state index in [-0.39, 0.29) is 37.2 Å². The van der Waals surface area contributed by atoms with Gasteiger partial charge in [-0.1, -0.05) is 168 Å². The zero-order valence-electron chi connectivity index (χ0n) is 39.4. The number of nitrogens with one attached hydrogen (secondary N) is 1. The Balaban J connectivity index is 4.78. The van der Waals surface area contributed by atoms with Crippen LogP contribution in [-0.4, -0.2) is 68.4 Å². The average molecular weight is 832 g/mol. The summed E-state index contributed by atoms with van der Waals surface area (Å²) in [5.41, 5.74) is 0. The van der Waals surface area contributed by atoms with Gasteiger partial charge in [0.1, 0.15) is 18.8 Å². The number of unbranched alkanes of at least 4 members (excludes halogenated alkanes) is 22. The minimum atomic E-state index is -0.428. The number of alkyl carbamates (subject to hydrolysis) is 1. The molecule has 345 valence electrons. The Labute approximate surface area is 365 Å². The van der Waals surface area contributed by atoms with Gasteiger partial charge < -0.3 is 24.4 Å². The highest BCUT2D eigenvalue weighted by atomic mass is 16.6.